The van der Waals surface area contributed by atoms with Crippen LogP contribution in [0.3, 0.4) is 0 Å². The van der Waals surface area contributed by atoms with E-state index in [1.54, 1.807) is 6.08 Å². The van der Waals surface area contributed by atoms with Crippen molar-refractivity contribution in [3.63, 3.8) is 0 Å². The van der Waals surface area contributed by atoms with Gasteiger partial charge in [-0.05, 0) is 50.2 Å². The van der Waals surface area contributed by atoms with Gasteiger partial charge in [0.05, 0.1) is 0 Å². The average molecular weight is 245 g/mol. The Balaban J connectivity index is 1.86. The van der Waals surface area contributed by atoms with Gasteiger partial charge in [-0.1, -0.05) is 18.2 Å². The van der Waals surface area contributed by atoms with Gasteiger partial charge in [-0.15, -0.1) is 0 Å². The molecule has 3 nitrogen and oxygen atoms in total. The van der Waals surface area contributed by atoms with E-state index in [1.165, 1.54) is 25.5 Å². The van der Waals surface area contributed by atoms with Crippen molar-refractivity contribution >= 4 is 12.4 Å². The van der Waals surface area contributed by atoms with Crippen molar-refractivity contribution in [2.24, 2.45) is 0 Å². The fraction of sp³-hybridized carbons (Fsp3) is 0.400. The van der Waals surface area contributed by atoms with E-state index in [0.717, 1.165) is 24.2 Å². The Hall–Kier alpha value is -1.61. The Morgan fingerprint density at radius 2 is 2.17 bits per heavy atom. The molecule has 2 rings (SSSR count). The van der Waals surface area contributed by atoms with Crippen molar-refractivity contribution < 1.29 is 9.53 Å². The van der Waals surface area contributed by atoms with Crippen molar-refractivity contribution in [2.75, 3.05) is 20.2 Å². The Kier molecular flexibility index (Phi) is 4.53. The summed E-state index contributed by atoms with van der Waals surface area (Å²) in [7, 11) is 2.15. The van der Waals surface area contributed by atoms with E-state index >= 15 is 0 Å². The summed E-state index contributed by atoms with van der Waals surface area (Å²) >= 11 is 0. The maximum absolute atomic E-state index is 10.2. The molecule has 1 saturated heterocycles. The molecule has 0 bridgehead atoms. The minimum absolute atomic E-state index is 0.541. The van der Waals surface area contributed by atoms with Crippen molar-refractivity contribution in [2.45, 2.75) is 18.9 Å². The smallest absolute Gasteiger partial charge is 0.142 e. The minimum Gasteiger partial charge on any atom is -0.492 e. The Morgan fingerprint density at radius 3 is 2.78 bits per heavy atom. The Bertz CT molecular complexity index is 411. The quantitative estimate of drug-likeness (QED) is 0.589. The normalized spacial score (nSPS) is 20.4. The number of likely N-dealkylation sites (tertiary alicyclic amines) is 1. The lowest BCUT2D eigenvalue weighted by Gasteiger charge is -2.19. The van der Waals surface area contributed by atoms with Crippen molar-refractivity contribution in [3.8, 4) is 5.75 Å². The van der Waals surface area contributed by atoms with Gasteiger partial charge in [-0.3, -0.25) is 4.79 Å². The van der Waals surface area contributed by atoms with E-state index in [4.69, 9.17) is 4.74 Å². The fourth-order valence-electron chi connectivity index (χ4n) is 2.21. The second kappa shape index (κ2) is 6.36. The summed E-state index contributed by atoms with van der Waals surface area (Å²) in [6.45, 7) is 1.92. The van der Waals surface area contributed by atoms with Crippen LogP contribution in [0.4, 0.5) is 0 Å². The van der Waals surface area contributed by atoms with Crippen LogP contribution in [-0.2, 0) is 4.79 Å². The number of ether oxygens (including phenoxy) is 1. The van der Waals surface area contributed by atoms with E-state index in [1.807, 2.05) is 24.3 Å². The van der Waals surface area contributed by atoms with Crippen LogP contribution in [0, 0.1) is 0 Å². The first kappa shape index (κ1) is 12.8. The molecule has 0 saturated carbocycles. The molecule has 1 aliphatic rings. The number of hydrogen-bond acceptors (Lipinski definition) is 3. The second-order valence-corrected chi connectivity index (χ2v) is 4.65. The van der Waals surface area contributed by atoms with E-state index in [9.17, 15) is 4.79 Å². The van der Waals surface area contributed by atoms with Gasteiger partial charge in [-0.2, -0.15) is 0 Å². The molecule has 1 aromatic rings. The molecular formula is C15H19NO2. The number of nitrogens with zero attached hydrogens (tertiary/aromatic N) is 1. The largest absolute Gasteiger partial charge is 0.492 e. The topological polar surface area (TPSA) is 29.5 Å². The van der Waals surface area contributed by atoms with Crippen molar-refractivity contribution in [1.82, 2.24) is 4.90 Å². The molecule has 0 N–H and O–H groups in total. The van der Waals surface area contributed by atoms with Gasteiger partial charge in [0.2, 0.25) is 0 Å². The fourth-order valence-corrected chi connectivity index (χ4v) is 2.21. The average Bonchev–Trinajstić information content (AvgIpc) is 2.81. The van der Waals surface area contributed by atoms with Crippen molar-refractivity contribution in [1.29, 1.82) is 0 Å². The SMILES string of the molecule is CN1CCCC1COc1ccc(C=CC=O)cc1. The molecule has 1 unspecified atom stereocenters. The first-order chi connectivity index (χ1) is 8.79. The number of carbonyl (C=O) groups excluding carboxylic acids is 1. The predicted octanol–water partition coefficient (Wildman–Crippen LogP) is 2.37. The molecular weight excluding hydrogens is 226 g/mol. The lowest BCUT2D eigenvalue weighted by atomic mass is 10.2. The van der Waals surface area contributed by atoms with Gasteiger partial charge in [0.25, 0.3) is 0 Å². The number of benzene rings is 1. The molecule has 1 fully saturated rings. The van der Waals surface area contributed by atoms with Crippen LogP contribution in [0.15, 0.2) is 30.3 Å². The number of rotatable bonds is 5. The standard InChI is InChI=1S/C15H19NO2/c1-16-10-2-5-14(16)12-18-15-8-6-13(7-9-15)4-3-11-17/h3-4,6-9,11,14H,2,5,10,12H2,1H3. The number of aldehydes is 1. The Morgan fingerprint density at radius 1 is 1.39 bits per heavy atom. The highest BCUT2D eigenvalue weighted by Crippen LogP contribution is 2.18. The van der Waals surface area contributed by atoms with E-state index in [0.29, 0.717) is 6.04 Å². The van der Waals surface area contributed by atoms with Crippen LogP contribution in [-0.4, -0.2) is 37.4 Å². The van der Waals surface area contributed by atoms with Crippen LogP contribution in [0.5, 0.6) is 5.75 Å². The molecule has 0 radical (unpaired) electrons. The van der Waals surface area contributed by atoms with Gasteiger partial charge < -0.3 is 9.64 Å². The molecule has 0 amide bonds. The maximum Gasteiger partial charge on any atom is 0.142 e. The first-order valence-corrected chi connectivity index (χ1v) is 6.34. The zero-order valence-corrected chi connectivity index (χ0v) is 10.7. The van der Waals surface area contributed by atoms with Crippen molar-refractivity contribution in [3.05, 3.63) is 35.9 Å². The number of allylic oxidation sites excluding steroid dienone is 1. The summed E-state index contributed by atoms with van der Waals surface area (Å²) in [5, 5.41) is 0. The third-order valence-corrected chi connectivity index (χ3v) is 3.36. The van der Waals surface area contributed by atoms with Gasteiger partial charge in [0, 0.05) is 6.04 Å². The summed E-state index contributed by atoms with van der Waals surface area (Å²) < 4.78 is 5.78. The third-order valence-electron chi connectivity index (χ3n) is 3.36. The van der Waals surface area contributed by atoms with Gasteiger partial charge in [0.1, 0.15) is 18.6 Å². The molecule has 0 spiro atoms. The van der Waals surface area contributed by atoms with Gasteiger partial charge in [-0.25, -0.2) is 0 Å². The second-order valence-electron chi connectivity index (χ2n) is 4.65. The minimum atomic E-state index is 0.541. The summed E-state index contributed by atoms with van der Waals surface area (Å²) in [6, 6.07) is 8.33. The highest BCUT2D eigenvalue weighted by molar-refractivity contribution is 5.73. The maximum atomic E-state index is 10.2. The molecule has 18 heavy (non-hydrogen) atoms. The highest BCUT2D eigenvalue weighted by Gasteiger charge is 2.21. The number of carbonyl (C=O) groups is 1. The highest BCUT2D eigenvalue weighted by atomic mass is 16.5. The predicted molar refractivity (Wildman–Crippen MR) is 72.7 cm³/mol. The van der Waals surface area contributed by atoms with Crippen LogP contribution >= 0.6 is 0 Å². The first-order valence-electron chi connectivity index (χ1n) is 6.34. The summed E-state index contributed by atoms with van der Waals surface area (Å²) in [5.41, 5.74) is 1.01. The molecule has 0 aliphatic carbocycles. The Labute approximate surface area is 108 Å². The summed E-state index contributed by atoms with van der Waals surface area (Å²) in [5.74, 6) is 0.888. The molecule has 3 heteroatoms. The van der Waals surface area contributed by atoms with Crippen LogP contribution < -0.4 is 4.74 Å². The molecule has 96 valence electrons. The van der Waals surface area contributed by atoms with Gasteiger partial charge in [0.15, 0.2) is 0 Å². The lowest BCUT2D eigenvalue weighted by Crippen LogP contribution is -2.30. The lowest BCUT2D eigenvalue weighted by molar-refractivity contribution is -0.104. The van der Waals surface area contributed by atoms with E-state index in [-0.39, 0.29) is 0 Å². The third kappa shape index (κ3) is 3.44. The molecule has 1 atom stereocenters. The van der Waals surface area contributed by atoms with Crippen LogP contribution in [0.25, 0.3) is 6.08 Å². The van der Waals surface area contributed by atoms with Crippen LogP contribution in [0.1, 0.15) is 18.4 Å². The van der Waals surface area contributed by atoms with Gasteiger partial charge >= 0.3 is 0 Å². The molecule has 1 heterocycles. The monoisotopic (exact) mass is 245 g/mol. The molecule has 0 aromatic heterocycles. The van der Waals surface area contributed by atoms with Crippen LogP contribution in [0.2, 0.25) is 0 Å². The van der Waals surface area contributed by atoms with E-state index < -0.39 is 0 Å². The van der Waals surface area contributed by atoms with E-state index in [2.05, 4.69) is 11.9 Å². The zero-order valence-electron chi connectivity index (χ0n) is 10.7. The molecule has 1 aliphatic heterocycles. The summed E-state index contributed by atoms with van der Waals surface area (Å²) in [6.07, 6.45) is 6.53. The molecule has 1 aromatic carbocycles. The number of likely N-dealkylation sites (N-methyl/N-ethyl adjacent to an activating group) is 1. The number of hydrogen-bond donors (Lipinski definition) is 0. The summed E-state index contributed by atoms with van der Waals surface area (Å²) in [4.78, 5) is 12.6. The zero-order chi connectivity index (χ0) is 12.8.